The molecule has 0 saturated carbocycles. The third kappa shape index (κ3) is 3.75. The van der Waals surface area contributed by atoms with Gasteiger partial charge < -0.3 is 24.1 Å². The van der Waals surface area contributed by atoms with Crippen LogP contribution in [0.1, 0.15) is 40.5 Å². The van der Waals surface area contributed by atoms with E-state index in [1.54, 1.807) is 26.0 Å². The average molecular weight is 378 g/mol. The zero-order valence-corrected chi connectivity index (χ0v) is 15.7. The monoisotopic (exact) mass is 378 g/mol. The SMILES string of the molecule is CC(=O)OCC1=C2/C(=C\[C@]3(C)CC=C(O3)[C@@](C)(O)C[C@@H]2OC(C)=O)OC1=O. The van der Waals surface area contributed by atoms with Crippen LogP contribution >= 0.6 is 0 Å². The van der Waals surface area contributed by atoms with Gasteiger partial charge in [-0.2, -0.15) is 0 Å². The first kappa shape index (κ1) is 19.2. The molecule has 2 bridgehead atoms. The Morgan fingerprint density at radius 1 is 1.30 bits per heavy atom. The minimum atomic E-state index is -1.44. The second kappa shape index (κ2) is 6.53. The number of ether oxygens (including phenoxy) is 4. The number of carbonyl (C=O) groups excluding carboxylic acids is 3. The van der Waals surface area contributed by atoms with E-state index in [4.69, 9.17) is 18.9 Å². The number of fused-ring (bicyclic) bond motifs is 3. The van der Waals surface area contributed by atoms with Crippen molar-refractivity contribution < 1.29 is 38.4 Å². The first-order valence-corrected chi connectivity index (χ1v) is 8.62. The summed E-state index contributed by atoms with van der Waals surface area (Å²) in [6.45, 7) is 5.48. The van der Waals surface area contributed by atoms with Crippen LogP contribution in [-0.2, 0) is 33.3 Å². The van der Waals surface area contributed by atoms with Crippen LogP contribution in [0.25, 0.3) is 0 Å². The fourth-order valence-electron chi connectivity index (χ4n) is 3.44. The van der Waals surface area contributed by atoms with Crippen molar-refractivity contribution in [3.63, 3.8) is 0 Å². The van der Waals surface area contributed by atoms with E-state index < -0.39 is 35.2 Å². The Morgan fingerprint density at radius 2 is 2.00 bits per heavy atom. The van der Waals surface area contributed by atoms with Crippen molar-refractivity contribution in [3.05, 3.63) is 34.8 Å². The zero-order valence-electron chi connectivity index (χ0n) is 15.7. The summed E-state index contributed by atoms with van der Waals surface area (Å²) in [4.78, 5) is 35.3. The molecule has 3 aliphatic heterocycles. The van der Waals surface area contributed by atoms with E-state index in [-0.39, 0.29) is 29.9 Å². The summed E-state index contributed by atoms with van der Waals surface area (Å²) in [5.41, 5.74) is -1.90. The van der Waals surface area contributed by atoms with Crippen LogP contribution in [0.4, 0.5) is 0 Å². The first-order chi connectivity index (χ1) is 12.5. The van der Waals surface area contributed by atoms with E-state index in [1.165, 1.54) is 13.8 Å². The molecule has 8 heteroatoms. The number of hydrogen-bond donors (Lipinski definition) is 1. The molecule has 0 fully saturated rings. The normalized spacial score (nSPS) is 34.1. The van der Waals surface area contributed by atoms with E-state index in [9.17, 15) is 19.5 Å². The lowest BCUT2D eigenvalue weighted by Gasteiger charge is -2.30. The van der Waals surface area contributed by atoms with Crippen molar-refractivity contribution >= 4 is 17.9 Å². The molecule has 0 aromatic carbocycles. The molecular formula is C19H22O8. The molecule has 0 aromatic heterocycles. The summed E-state index contributed by atoms with van der Waals surface area (Å²) >= 11 is 0. The van der Waals surface area contributed by atoms with Gasteiger partial charge >= 0.3 is 17.9 Å². The van der Waals surface area contributed by atoms with Gasteiger partial charge in [0.1, 0.15) is 35.4 Å². The van der Waals surface area contributed by atoms with Crippen molar-refractivity contribution in [1.82, 2.24) is 0 Å². The molecule has 8 nitrogen and oxygen atoms in total. The Hall–Kier alpha value is -2.61. The van der Waals surface area contributed by atoms with E-state index in [2.05, 4.69) is 0 Å². The predicted octanol–water partition coefficient (Wildman–Crippen LogP) is 1.44. The van der Waals surface area contributed by atoms with Gasteiger partial charge in [-0.3, -0.25) is 9.59 Å². The van der Waals surface area contributed by atoms with E-state index in [0.717, 1.165) is 0 Å². The summed E-state index contributed by atoms with van der Waals surface area (Å²) < 4.78 is 21.7. The molecule has 0 aromatic rings. The van der Waals surface area contributed by atoms with Gasteiger partial charge in [-0.25, -0.2) is 4.79 Å². The molecule has 3 heterocycles. The standard InChI is InChI=1S/C19H22O8/c1-10(20)24-9-12-16-13(26-17(12)22)7-18(3)6-5-15(27-18)19(4,23)8-14(16)25-11(2)21/h5,7,14,23H,6,8-9H2,1-4H3/b13-7+/t14-,18-,19-/m0/s1. The third-order valence-corrected chi connectivity index (χ3v) is 4.68. The maximum Gasteiger partial charge on any atom is 0.343 e. The van der Waals surface area contributed by atoms with Gasteiger partial charge in [0.15, 0.2) is 0 Å². The van der Waals surface area contributed by atoms with Crippen LogP contribution in [0.5, 0.6) is 0 Å². The lowest BCUT2D eigenvalue weighted by Crippen LogP contribution is -2.36. The van der Waals surface area contributed by atoms with Crippen LogP contribution < -0.4 is 0 Å². The molecule has 1 N–H and O–H groups in total. The van der Waals surface area contributed by atoms with Gasteiger partial charge in [0, 0.05) is 38.3 Å². The van der Waals surface area contributed by atoms with Gasteiger partial charge in [-0.15, -0.1) is 0 Å². The molecule has 0 amide bonds. The molecule has 0 aliphatic carbocycles. The van der Waals surface area contributed by atoms with Gasteiger partial charge in [-0.05, 0) is 19.9 Å². The van der Waals surface area contributed by atoms with Crippen molar-refractivity contribution in [2.75, 3.05) is 6.61 Å². The van der Waals surface area contributed by atoms with Gasteiger partial charge in [0.2, 0.25) is 0 Å². The molecule has 3 atom stereocenters. The maximum absolute atomic E-state index is 12.4. The Morgan fingerprint density at radius 3 is 2.63 bits per heavy atom. The van der Waals surface area contributed by atoms with Crippen LogP contribution in [0.15, 0.2) is 34.8 Å². The topological polar surface area (TPSA) is 108 Å². The predicted molar refractivity (Wildman–Crippen MR) is 90.8 cm³/mol. The summed E-state index contributed by atoms with van der Waals surface area (Å²) in [6.07, 6.45) is 2.84. The van der Waals surface area contributed by atoms with Crippen molar-refractivity contribution in [2.24, 2.45) is 0 Å². The van der Waals surface area contributed by atoms with Crippen LogP contribution in [0.3, 0.4) is 0 Å². The molecule has 0 saturated heterocycles. The molecule has 3 aliphatic rings. The van der Waals surface area contributed by atoms with E-state index in [0.29, 0.717) is 12.2 Å². The van der Waals surface area contributed by atoms with Crippen molar-refractivity contribution in [2.45, 2.75) is 57.8 Å². The minimum Gasteiger partial charge on any atom is -0.485 e. The quantitative estimate of drug-likeness (QED) is 0.580. The second-order valence-electron chi connectivity index (χ2n) is 7.33. The molecule has 0 spiro atoms. The average Bonchev–Trinajstić information content (AvgIpc) is 3.05. The van der Waals surface area contributed by atoms with Crippen LogP contribution in [0, 0.1) is 0 Å². The van der Waals surface area contributed by atoms with Crippen LogP contribution in [0.2, 0.25) is 0 Å². The smallest absolute Gasteiger partial charge is 0.343 e. The van der Waals surface area contributed by atoms with E-state index in [1.807, 2.05) is 0 Å². The lowest BCUT2D eigenvalue weighted by atomic mass is 9.88. The highest BCUT2D eigenvalue weighted by molar-refractivity contribution is 5.95. The van der Waals surface area contributed by atoms with Crippen LogP contribution in [-0.4, -0.2) is 46.9 Å². The Labute approximate surface area is 156 Å². The highest BCUT2D eigenvalue weighted by Crippen LogP contribution is 2.44. The largest absolute Gasteiger partial charge is 0.485 e. The van der Waals surface area contributed by atoms with Gasteiger partial charge in [0.25, 0.3) is 0 Å². The fraction of sp³-hybridized carbons (Fsp3) is 0.526. The Kier molecular flexibility index (Phi) is 4.63. The number of aliphatic hydroxyl groups is 1. The highest BCUT2D eigenvalue weighted by atomic mass is 16.6. The number of carbonyl (C=O) groups is 3. The fourth-order valence-corrected chi connectivity index (χ4v) is 3.44. The third-order valence-electron chi connectivity index (χ3n) is 4.68. The summed E-state index contributed by atoms with van der Waals surface area (Å²) in [6, 6.07) is 0. The summed E-state index contributed by atoms with van der Waals surface area (Å²) in [5.74, 6) is -1.29. The first-order valence-electron chi connectivity index (χ1n) is 8.62. The summed E-state index contributed by atoms with van der Waals surface area (Å²) in [7, 11) is 0. The van der Waals surface area contributed by atoms with E-state index >= 15 is 0 Å². The molecule has 3 rings (SSSR count). The highest BCUT2D eigenvalue weighted by Gasteiger charge is 2.47. The molecule has 0 radical (unpaired) electrons. The minimum absolute atomic E-state index is 0.0542. The maximum atomic E-state index is 12.4. The molecule has 0 unspecified atom stereocenters. The molecular weight excluding hydrogens is 356 g/mol. The van der Waals surface area contributed by atoms with Crippen molar-refractivity contribution in [3.8, 4) is 0 Å². The number of rotatable bonds is 3. The summed E-state index contributed by atoms with van der Waals surface area (Å²) in [5, 5.41) is 10.9. The molecule has 146 valence electrons. The van der Waals surface area contributed by atoms with Gasteiger partial charge in [0.05, 0.1) is 5.57 Å². The second-order valence-corrected chi connectivity index (χ2v) is 7.33. The van der Waals surface area contributed by atoms with Gasteiger partial charge in [-0.1, -0.05) is 0 Å². The number of esters is 3. The number of hydrogen-bond acceptors (Lipinski definition) is 8. The Bertz CT molecular complexity index is 801. The lowest BCUT2D eigenvalue weighted by molar-refractivity contribution is -0.147. The van der Waals surface area contributed by atoms with Crippen molar-refractivity contribution in [1.29, 1.82) is 0 Å². The Balaban J connectivity index is 2.14. The zero-order chi connectivity index (χ0) is 20.0. The molecule has 27 heavy (non-hydrogen) atoms.